The summed E-state index contributed by atoms with van der Waals surface area (Å²) in [6.07, 6.45) is 1.10. The van der Waals surface area contributed by atoms with Crippen molar-refractivity contribution in [2.45, 2.75) is 25.8 Å². The summed E-state index contributed by atoms with van der Waals surface area (Å²) < 4.78 is 5.22. The molecular formula is C13H19NO. The monoisotopic (exact) mass is 205 g/mol. The molecule has 82 valence electrons. The molecule has 0 aromatic heterocycles. The number of hydrogen-bond acceptors (Lipinski definition) is 2. The van der Waals surface area contributed by atoms with Gasteiger partial charge in [0.15, 0.2) is 0 Å². The Morgan fingerprint density at radius 2 is 2.20 bits per heavy atom. The first kappa shape index (κ1) is 10.5. The molecule has 1 fully saturated rings. The van der Waals surface area contributed by atoms with E-state index in [9.17, 15) is 0 Å². The van der Waals surface area contributed by atoms with Crippen LogP contribution in [0.5, 0.6) is 5.75 Å². The Bertz CT molecular complexity index is 361. The fourth-order valence-corrected chi connectivity index (χ4v) is 2.38. The van der Waals surface area contributed by atoms with Crippen LogP contribution in [0.3, 0.4) is 0 Å². The predicted octanol–water partition coefficient (Wildman–Crippen LogP) is 2.53. The van der Waals surface area contributed by atoms with E-state index in [2.05, 4.69) is 26.0 Å². The summed E-state index contributed by atoms with van der Waals surface area (Å²) in [6.45, 7) is 4.47. The van der Waals surface area contributed by atoms with Crippen molar-refractivity contribution in [1.29, 1.82) is 0 Å². The third-order valence-corrected chi connectivity index (χ3v) is 3.47. The van der Waals surface area contributed by atoms with Gasteiger partial charge in [0, 0.05) is 5.54 Å². The maximum absolute atomic E-state index is 6.38. The van der Waals surface area contributed by atoms with Crippen molar-refractivity contribution in [2.24, 2.45) is 17.6 Å². The van der Waals surface area contributed by atoms with Crippen LogP contribution >= 0.6 is 0 Å². The summed E-state index contributed by atoms with van der Waals surface area (Å²) in [4.78, 5) is 0. The summed E-state index contributed by atoms with van der Waals surface area (Å²) >= 11 is 0. The normalized spacial score (nSPS) is 29.3. The Balaban J connectivity index is 2.24. The molecule has 0 aliphatic heterocycles. The zero-order chi connectivity index (χ0) is 11.1. The third kappa shape index (κ3) is 1.74. The fraction of sp³-hybridized carbons (Fsp3) is 0.538. The minimum Gasteiger partial charge on any atom is -0.497 e. The average molecular weight is 205 g/mol. The molecule has 1 aromatic carbocycles. The second-order valence-corrected chi connectivity index (χ2v) is 4.83. The van der Waals surface area contributed by atoms with Crippen LogP contribution in [0, 0.1) is 11.8 Å². The summed E-state index contributed by atoms with van der Waals surface area (Å²) in [5.74, 6) is 2.16. The minimum absolute atomic E-state index is 0.108. The van der Waals surface area contributed by atoms with Crippen LogP contribution in [0.25, 0.3) is 0 Å². The van der Waals surface area contributed by atoms with E-state index in [-0.39, 0.29) is 5.54 Å². The van der Waals surface area contributed by atoms with Gasteiger partial charge in [0.2, 0.25) is 0 Å². The van der Waals surface area contributed by atoms with Crippen LogP contribution in [0.15, 0.2) is 24.3 Å². The molecular weight excluding hydrogens is 186 g/mol. The highest BCUT2D eigenvalue weighted by Crippen LogP contribution is 2.53. The molecule has 2 N–H and O–H groups in total. The van der Waals surface area contributed by atoms with E-state index in [4.69, 9.17) is 10.5 Å². The lowest BCUT2D eigenvalue weighted by Crippen LogP contribution is -2.23. The van der Waals surface area contributed by atoms with Crippen molar-refractivity contribution in [3.05, 3.63) is 29.8 Å². The zero-order valence-electron chi connectivity index (χ0n) is 9.66. The van der Waals surface area contributed by atoms with Crippen LogP contribution in [0.2, 0.25) is 0 Å². The molecule has 2 rings (SSSR count). The van der Waals surface area contributed by atoms with Crippen molar-refractivity contribution in [3.63, 3.8) is 0 Å². The average Bonchev–Trinajstić information content (AvgIpc) is 2.93. The molecule has 0 bridgehead atoms. The number of benzene rings is 1. The molecule has 1 aliphatic rings. The maximum atomic E-state index is 6.38. The first-order valence-electron chi connectivity index (χ1n) is 5.51. The number of rotatable bonds is 3. The second kappa shape index (κ2) is 3.53. The molecule has 1 aliphatic carbocycles. The molecule has 0 amide bonds. The Morgan fingerprint density at radius 3 is 2.73 bits per heavy atom. The molecule has 0 saturated heterocycles. The molecule has 0 spiro atoms. The van der Waals surface area contributed by atoms with Crippen LogP contribution < -0.4 is 10.5 Å². The van der Waals surface area contributed by atoms with Crippen molar-refractivity contribution < 1.29 is 4.74 Å². The molecule has 1 saturated carbocycles. The number of ether oxygens (including phenoxy) is 1. The fourth-order valence-electron chi connectivity index (χ4n) is 2.38. The summed E-state index contributed by atoms with van der Waals surface area (Å²) in [5, 5.41) is 0. The van der Waals surface area contributed by atoms with Gasteiger partial charge in [-0.3, -0.25) is 0 Å². The van der Waals surface area contributed by atoms with E-state index < -0.39 is 0 Å². The summed E-state index contributed by atoms with van der Waals surface area (Å²) in [6, 6.07) is 8.13. The lowest BCUT2D eigenvalue weighted by atomic mass is 9.98. The molecule has 1 aromatic rings. The Labute approximate surface area is 91.4 Å². The van der Waals surface area contributed by atoms with Gasteiger partial charge < -0.3 is 10.5 Å². The highest BCUT2D eigenvalue weighted by molar-refractivity contribution is 5.38. The van der Waals surface area contributed by atoms with Gasteiger partial charge in [0.05, 0.1) is 7.11 Å². The van der Waals surface area contributed by atoms with Gasteiger partial charge in [-0.15, -0.1) is 0 Å². The van der Waals surface area contributed by atoms with E-state index in [0.29, 0.717) is 11.8 Å². The van der Waals surface area contributed by atoms with Crippen molar-refractivity contribution in [2.75, 3.05) is 7.11 Å². The number of nitrogens with two attached hydrogens (primary N) is 1. The smallest absolute Gasteiger partial charge is 0.119 e. The van der Waals surface area contributed by atoms with Gasteiger partial charge in [-0.25, -0.2) is 0 Å². The first-order valence-corrected chi connectivity index (χ1v) is 5.51. The van der Waals surface area contributed by atoms with Crippen LogP contribution in [0.1, 0.15) is 25.8 Å². The molecule has 15 heavy (non-hydrogen) atoms. The van der Waals surface area contributed by atoms with Crippen LogP contribution in [-0.4, -0.2) is 7.11 Å². The lowest BCUT2D eigenvalue weighted by Gasteiger charge is -2.15. The SMILES string of the molecule is COc1cccc(C2(N)CC2C(C)C)c1. The zero-order valence-corrected chi connectivity index (χ0v) is 9.66. The van der Waals surface area contributed by atoms with Crippen LogP contribution in [0.4, 0.5) is 0 Å². The number of hydrogen-bond donors (Lipinski definition) is 1. The van der Waals surface area contributed by atoms with Gasteiger partial charge >= 0.3 is 0 Å². The van der Waals surface area contributed by atoms with Crippen molar-refractivity contribution >= 4 is 0 Å². The highest BCUT2D eigenvalue weighted by Gasteiger charge is 2.53. The van der Waals surface area contributed by atoms with E-state index in [0.717, 1.165) is 12.2 Å². The van der Waals surface area contributed by atoms with Crippen LogP contribution in [-0.2, 0) is 5.54 Å². The first-order chi connectivity index (χ1) is 7.08. The molecule has 0 heterocycles. The molecule has 2 atom stereocenters. The van der Waals surface area contributed by atoms with Crippen molar-refractivity contribution in [3.8, 4) is 5.75 Å². The summed E-state index contributed by atoms with van der Waals surface area (Å²) in [5.41, 5.74) is 7.48. The largest absolute Gasteiger partial charge is 0.497 e. The van der Waals surface area contributed by atoms with Gasteiger partial charge in [0.25, 0.3) is 0 Å². The second-order valence-electron chi connectivity index (χ2n) is 4.83. The predicted molar refractivity (Wildman–Crippen MR) is 61.8 cm³/mol. The van der Waals surface area contributed by atoms with E-state index in [1.807, 2.05) is 12.1 Å². The highest BCUT2D eigenvalue weighted by atomic mass is 16.5. The van der Waals surface area contributed by atoms with E-state index in [1.165, 1.54) is 5.56 Å². The topological polar surface area (TPSA) is 35.2 Å². The standard InChI is InChI=1S/C13H19NO/c1-9(2)12-8-13(12,14)10-5-4-6-11(7-10)15-3/h4-7,9,12H,8,14H2,1-3H3. The molecule has 0 radical (unpaired) electrons. The Kier molecular flexibility index (Phi) is 2.47. The third-order valence-electron chi connectivity index (χ3n) is 3.47. The van der Waals surface area contributed by atoms with E-state index in [1.54, 1.807) is 7.11 Å². The molecule has 2 unspecified atom stereocenters. The van der Waals surface area contributed by atoms with Gasteiger partial charge in [-0.05, 0) is 36.0 Å². The number of methoxy groups -OCH3 is 1. The Morgan fingerprint density at radius 1 is 1.47 bits per heavy atom. The Hall–Kier alpha value is -1.02. The quantitative estimate of drug-likeness (QED) is 0.823. The maximum Gasteiger partial charge on any atom is 0.119 e. The molecule has 2 heteroatoms. The minimum atomic E-state index is -0.108. The lowest BCUT2D eigenvalue weighted by molar-refractivity contribution is 0.412. The molecule has 2 nitrogen and oxygen atoms in total. The van der Waals surface area contributed by atoms with Crippen molar-refractivity contribution in [1.82, 2.24) is 0 Å². The van der Waals surface area contributed by atoms with E-state index >= 15 is 0 Å². The van der Waals surface area contributed by atoms with Gasteiger partial charge in [0.1, 0.15) is 5.75 Å². The van der Waals surface area contributed by atoms with Gasteiger partial charge in [-0.1, -0.05) is 26.0 Å². The van der Waals surface area contributed by atoms with Gasteiger partial charge in [-0.2, -0.15) is 0 Å². The summed E-state index contributed by atoms with van der Waals surface area (Å²) in [7, 11) is 1.69.